The van der Waals surface area contributed by atoms with Crippen LogP contribution < -0.4 is 10.5 Å². The molecule has 8 nitrogen and oxygen atoms in total. The van der Waals surface area contributed by atoms with Gasteiger partial charge in [0.15, 0.2) is 0 Å². The third-order valence-corrected chi connectivity index (χ3v) is 7.07. The Balaban J connectivity index is 1.26. The topological polar surface area (TPSA) is 95.5 Å². The first-order valence-electron chi connectivity index (χ1n) is 11.7. The number of nitrogens with zero attached hydrogens (tertiary/aromatic N) is 4. The number of ether oxygens (including phenoxy) is 2. The minimum absolute atomic E-state index is 0.261. The van der Waals surface area contributed by atoms with Gasteiger partial charge in [-0.2, -0.15) is 13.9 Å². The van der Waals surface area contributed by atoms with Crippen molar-refractivity contribution in [3.05, 3.63) is 81.1 Å². The highest BCUT2D eigenvalue weighted by atomic mass is 35.5. The lowest BCUT2D eigenvalue weighted by Gasteiger charge is -2.24. The highest BCUT2D eigenvalue weighted by Crippen LogP contribution is 2.38. The molecule has 0 saturated carbocycles. The standard InChI is InChI=1S/C27H20ClF2N5O3/c1-34(26(36)18-7-17-19-11-37-12-20(19)25(31)33-22(17)8-21(18)28)23-13-38-24-6-14(4-5-16(23)24)2-3-15-9-32-35(10-15)27(29)30/h4-10,23,27H,11-13H2,1H3,(H2,31,33)/t23-/m1/s1. The number of hydrogen-bond acceptors (Lipinski definition) is 6. The lowest BCUT2D eigenvalue weighted by atomic mass is 10.0. The number of nitrogen functional groups attached to an aromatic ring is 1. The van der Waals surface area contributed by atoms with E-state index < -0.39 is 6.55 Å². The van der Waals surface area contributed by atoms with Gasteiger partial charge < -0.3 is 20.1 Å². The van der Waals surface area contributed by atoms with E-state index in [-0.39, 0.29) is 23.6 Å². The quantitative estimate of drug-likeness (QED) is 0.382. The van der Waals surface area contributed by atoms with Gasteiger partial charge in [0.1, 0.15) is 18.2 Å². The molecule has 0 saturated heterocycles. The number of likely N-dealkylation sites (N-methyl/N-ethyl adjacent to an activating group) is 1. The zero-order valence-electron chi connectivity index (χ0n) is 20.0. The molecule has 1 amide bonds. The van der Waals surface area contributed by atoms with Crippen molar-refractivity contribution >= 4 is 34.2 Å². The number of carbonyl (C=O) groups is 1. The maximum atomic E-state index is 13.6. The molecule has 11 heteroatoms. The van der Waals surface area contributed by atoms with Crippen LogP contribution in [-0.2, 0) is 18.0 Å². The van der Waals surface area contributed by atoms with Gasteiger partial charge in [-0.15, -0.1) is 0 Å². The third-order valence-electron chi connectivity index (χ3n) is 6.76. The molecule has 0 radical (unpaired) electrons. The maximum Gasteiger partial charge on any atom is 0.333 e. The van der Waals surface area contributed by atoms with Gasteiger partial charge in [0, 0.05) is 35.3 Å². The van der Waals surface area contributed by atoms with Gasteiger partial charge >= 0.3 is 6.55 Å². The van der Waals surface area contributed by atoms with E-state index in [1.807, 2.05) is 6.07 Å². The van der Waals surface area contributed by atoms with E-state index in [9.17, 15) is 13.6 Å². The number of rotatable bonds is 3. The van der Waals surface area contributed by atoms with Crippen molar-refractivity contribution in [1.82, 2.24) is 19.7 Å². The summed E-state index contributed by atoms with van der Waals surface area (Å²) in [4.78, 5) is 19.6. The first-order chi connectivity index (χ1) is 18.3. The first kappa shape index (κ1) is 24.2. The number of aromatic nitrogens is 3. The maximum absolute atomic E-state index is 13.6. The Morgan fingerprint density at radius 3 is 2.79 bits per heavy atom. The van der Waals surface area contributed by atoms with Gasteiger partial charge in [0.2, 0.25) is 0 Å². The molecule has 2 aliphatic heterocycles. The van der Waals surface area contributed by atoms with Crippen LogP contribution in [0.2, 0.25) is 5.02 Å². The molecule has 1 atom stereocenters. The molecular formula is C27H20ClF2N5O3. The number of carbonyl (C=O) groups excluding carboxylic acids is 1. The minimum Gasteiger partial charge on any atom is -0.491 e. The lowest BCUT2D eigenvalue weighted by Crippen LogP contribution is -2.32. The van der Waals surface area contributed by atoms with E-state index in [0.29, 0.717) is 51.7 Å². The molecule has 192 valence electrons. The summed E-state index contributed by atoms with van der Waals surface area (Å²) in [7, 11) is 1.70. The molecule has 4 aromatic rings. The van der Waals surface area contributed by atoms with Crippen molar-refractivity contribution in [2.75, 3.05) is 19.4 Å². The van der Waals surface area contributed by atoms with E-state index in [4.69, 9.17) is 26.8 Å². The zero-order chi connectivity index (χ0) is 26.6. The van der Waals surface area contributed by atoms with Gasteiger partial charge in [-0.3, -0.25) is 4.79 Å². The molecule has 0 unspecified atom stereocenters. The van der Waals surface area contributed by atoms with Gasteiger partial charge in [-0.05, 0) is 29.8 Å². The van der Waals surface area contributed by atoms with Crippen molar-refractivity contribution < 1.29 is 23.0 Å². The average molecular weight is 536 g/mol. The van der Waals surface area contributed by atoms with Crippen LogP contribution in [0.1, 0.15) is 50.8 Å². The van der Waals surface area contributed by atoms with Crippen LogP contribution in [0.15, 0.2) is 42.7 Å². The second-order valence-electron chi connectivity index (χ2n) is 9.03. The summed E-state index contributed by atoms with van der Waals surface area (Å²) in [5.74, 6) is 6.50. The lowest BCUT2D eigenvalue weighted by molar-refractivity contribution is 0.0565. The summed E-state index contributed by atoms with van der Waals surface area (Å²) in [5, 5.41) is 4.65. The molecule has 0 fully saturated rings. The molecule has 6 rings (SSSR count). The fourth-order valence-corrected chi connectivity index (χ4v) is 4.97. The van der Waals surface area contributed by atoms with Crippen LogP contribution in [0, 0.1) is 11.8 Å². The molecule has 0 spiro atoms. The Kier molecular flexibility index (Phi) is 5.90. The number of fused-ring (bicyclic) bond motifs is 4. The summed E-state index contributed by atoms with van der Waals surface area (Å²) in [6.07, 6.45) is 2.46. The molecule has 2 aliphatic rings. The number of nitrogens with two attached hydrogens (primary N) is 1. The van der Waals surface area contributed by atoms with Gasteiger partial charge in [0.25, 0.3) is 5.91 Å². The molecular weight excluding hydrogens is 516 g/mol. The second kappa shape index (κ2) is 9.28. The van der Waals surface area contributed by atoms with Crippen LogP contribution in [0.25, 0.3) is 10.9 Å². The summed E-state index contributed by atoms with van der Waals surface area (Å²) >= 11 is 6.52. The molecule has 2 aromatic carbocycles. The van der Waals surface area contributed by atoms with Crippen molar-refractivity contribution in [1.29, 1.82) is 0 Å². The fourth-order valence-electron chi connectivity index (χ4n) is 4.73. The second-order valence-corrected chi connectivity index (χ2v) is 9.44. The van der Waals surface area contributed by atoms with Crippen molar-refractivity contribution in [2.45, 2.75) is 25.8 Å². The first-order valence-corrected chi connectivity index (χ1v) is 12.0. The normalized spacial score (nSPS) is 15.7. The number of amides is 1. The number of halogens is 3. The fraction of sp³-hybridized carbons (Fsp3) is 0.222. The number of benzene rings is 2. The van der Waals surface area contributed by atoms with Crippen LogP contribution in [0.4, 0.5) is 14.6 Å². The Labute approximate surface area is 220 Å². The summed E-state index contributed by atoms with van der Waals surface area (Å²) in [6, 6.07) is 8.48. The van der Waals surface area contributed by atoms with Gasteiger partial charge in [0.05, 0.1) is 47.1 Å². The number of pyridine rings is 1. The predicted molar refractivity (Wildman–Crippen MR) is 136 cm³/mol. The van der Waals surface area contributed by atoms with E-state index in [2.05, 4.69) is 21.9 Å². The van der Waals surface area contributed by atoms with Crippen molar-refractivity contribution in [3.63, 3.8) is 0 Å². The van der Waals surface area contributed by atoms with Crippen LogP contribution in [0.3, 0.4) is 0 Å². The Bertz CT molecular complexity index is 1680. The minimum atomic E-state index is -2.72. The molecule has 0 aliphatic carbocycles. The van der Waals surface area contributed by atoms with E-state index in [1.54, 1.807) is 36.2 Å². The van der Waals surface area contributed by atoms with Crippen LogP contribution >= 0.6 is 11.6 Å². The third kappa shape index (κ3) is 4.10. The van der Waals surface area contributed by atoms with Gasteiger partial charge in [-0.1, -0.05) is 29.5 Å². The monoisotopic (exact) mass is 535 g/mol. The molecule has 2 N–H and O–H groups in total. The van der Waals surface area contributed by atoms with E-state index >= 15 is 0 Å². The SMILES string of the molecule is CN(C(=O)c1cc2c3c(c(N)nc2cc1Cl)COC3)[C@@H]1COc2cc(C#Cc3cnn(C(F)F)c3)ccc21. The average Bonchev–Trinajstić information content (AvgIpc) is 3.66. The summed E-state index contributed by atoms with van der Waals surface area (Å²) < 4.78 is 37.4. The summed E-state index contributed by atoms with van der Waals surface area (Å²) in [5.41, 5.74) is 10.6. The van der Waals surface area contributed by atoms with Gasteiger partial charge in [-0.25, -0.2) is 9.67 Å². The van der Waals surface area contributed by atoms with Crippen LogP contribution in [-0.4, -0.2) is 39.2 Å². The number of anilines is 1. The zero-order valence-corrected chi connectivity index (χ0v) is 20.8. The Hall–Kier alpha value is -4.20. The van der Waals surface area contributed by atoms with Crippen molar-refractivity contribution in [3.8, 4) is 17.6 Å². The highest BCUT2D eigenvalue weighted by molar-refractivity contribution is 6.34. The van der Waals surface area contributed by atoms with E-state index in [0.717, 1.165) is 22.1 Å². The van der Waals surface area contributed by atoms with Crippen LogP contribution in [0.5, 0.6) is 5.75 Å². The predicted octanol–water partition coefficient (Wildman–Crippen LogP) is 4.70. The smallest absolute Gasteiger partial charge is 0.333 e. The summed E-state index contributed by atoms with van der Waals surface area (Å²) in [6.45, 7) is -1.67. The Morgan fingerprint density at radius 1 is 1.21 bits per heavy atom. The number of hydrogen-bond donors (Lipinski definition) is 1. The Morgan fingerprint density at radius 2 is 2.00 bits per heavy atom. The molecule has 2 aromatic heterocycles. The van der Waals surface area contributed by atoms with Crippen molar-refractivity contribution in [2.24, 2.45) is 0 Å². The molecule has 38 heavy (non-hydrogen) atoms. The van der Waals surface area contributed by atoms with E-state index in [1.165, 1.54) is 12.4 Å². The largest absolute Gasteiger partial charge is 0.491 e. The highest BCUT2D eigenvalue weighted by Gasteiger charge is 2.32. The molecule has 0 bridgehead atoms. The molecule has 4 heterocycles. The number of alkyl halides is 2.